The van der Waals surface area contributed by atoms with E-state index in [1.165, 1.54) is 295 Å². The van der Waals surface area contributed by atoms with Crippen LogP contribution in [-0.2, 0) is 65.4 Å². The number of unbranched alkanes of at least 4 members (excludes halogenated alkanes) is 58. The molecule has 0 radical (unpaired) electrons. The third-order valence-electron chi connectivity index (χ3n) is 21.0. The Bertz CT molecular complexity index is 2060. The molecule has 0 rings (SSSR count). The van der Waals surface area contributed by atoms with Crippen LogP contribution in [0.2, 0.25) is 0 Å². The summed E-state index contributed by atoms with van der Waals surface area (Å²) in [5.74, 6) is -0.483. The quantitative estimate of drug-likeness (QED) is 0.0222. The Morgan fingerprint density at radius 3 is 0.630 bits per heavy atom. The normalized spacial score (nSPS) is 13.8. The summed E-state index contributed by atoms with van der Waals surface area (Å²) >= 11 is 0. The summed E-state index contributed by atoms with van der Waals surface area (Å²) < 4.78 is 69.0. The predicted molar refractivity (Wildman–Crippen MR) is 446 cm³/mol. The summed E-state index contributed by atoms with van der Waals surface area (Å²) in [5.41, 5.74) is 0. The maximum absolute atomic E-state index is 13.2. The van der Waals surface area contributed by atoms with Gasteiger partial charge in [-0.1, -0.05) is 427 Å². The molecular weight excluding hydrogens is 1400 g/mol. The fourth-order valence-electron chi connectivity index (χ4n) is 14.0. The molecule has 0 amide bonds. The second-order valence-electron chi connectivity index (χ2n) is 32.9. The maximum atomic E-state index is 13.2. The van der Waals surface area contributed by atoms with E-state index in [-0.39, 0.29) is 25.7 Å². The fourth-order valence-corrected chi connectivity index (χ4v) is 15.5. The van der Waals surface area contributed by atoms with Gasteiger partial charge in [0, 0.05) is 25.7 Å². The van der Waals surface area contributed by atoms with Gasteiger partial charge in [0.1, 0.15) is 19.3 Å². The van der Waals surface area contributed by atoms with Crippen molar-refractivity contribution in [1.29, 1.82) is 0 Å². The molecule has 0 saturated carbocycles. The van der Waals surface area contributed by atoms with Gasteiger partial charge in [-0.25, -0.2) is 9.13 Å². The predicted octanol–water partition coefficient (Wildman–Crippen LogP) is 27.4. The average Bonchev–Trinajstić information content (AvgIpc) is 0.896. The van der Waals surface area contributed by atoms with E-state index in [4.69, 9.17) is 37.0 Å². The van der Waals surface area contributed by atoms with Crippen molar-refractivity contribution in [1.82, 2.24) is 0 Å². The van der Waals surface area contributed by atoms with Crippen LogP contribution >= 0.6 is 15.6 Å². The minimum absolute atomic E-state index is 0.108. The summed E-state index contributed by atoms with van der Waals surface area (Å²) in [6, 6.07) is 0. The summed E-state index contributed by atoms with van der Waals surface area (Å²) in [6.45, 7) is 9.74. The fraction of sp³-hybridized carbons (Fsp3) is 0.955. The first-order valence-electron chi connectivity index (χ1n) is 46.0. The number of hydrogen-bond donors (Lipinski definition) is 3. The Labute approximate surface area is 664 Å². The molecule has 0 fully saturated rings. The van der Waals surface area contributed by atoms with Crippen molar-refractivity contribution < 1.29 is 80.2 Å². The highest BCUT2D eigenvalue weighted by Gasteiger charge is 2.31. The van der Waals surface area contributed by atoms with Crippen molar-refractivity contribution in [2.75, 3.05) is 39.6 Å². The largest absolute Gasteiger partial charge is 0.472 e. The van der Waals surface area contributed by atoms with Crippen LogP contribution in [0, 0.1) is 11.8 Å². The topological polar surface area (TPSA) is 237 Å². The number of phosphoric ester groups is 2. The number of rotatable bonds is 88. The van der Waals surface area contributed by atoms with Gasteiger partial charge in [0.15, 0.2) is 12.2 Å². The average molecular weight is 1580 g/mol. The molecule has 0 spiro atoms. The van der Waals surface area contributed by atoms with Crippen LogP contribution < -0.4 is 0 Å². The lowest BCUT2D eigenvalue weighted by Crippen LogP contribution is -2.30. The number of ether oxygens (including phenoxy) is 4. The molecule has 0 aliphatic heterocycles. The summed E-state index contributed by atoms with van der Waals surface area (Å²) in [7, 11) is -9.93. The van der Waals surface area contributed by atoms with Gasteiger partial charge in [-0.2, -0.15) is 0 Å². The van der Waals surface area contributed by atoms with Crippen LogP contribution in [-0.4, -0.2) is 96.7 Å². The second-order valence-corrected chi connectivity index (χ2v) is 35.8. The van der Waals surface area contributed by atoms with Crippen LogP contribution in [0.4, 0.5) is 0 Å². The molecule has 0 heterocycles. The summed E-state index contributed by atoms with van der Waals surface area (Å²) in [4.78, 5) is 73.3. The summed E-state index contributed by atoms with van der Waals surface area (Å²) in [6.07, 6.45) is 73.7. The van der Waals surface area contributed by atoms with E-state index in [1.54, 1.807) is 0 Å². The van der Waals surface area contributed by atoms with Crippen LogP contribution in [0.15, 0.2) is 0 Å². The van der Waals surface area contributed by atoms with E-state index in [9.17, 15) is 43.2 Å². The zero-order valence-corrected chi connectivity index (χ0v) is 73.0. The van der Waals surface area contributed by atoms with E-state index < -0.39 is 97.5 Å². The second kappa shape index (κ2) is 80.3. The van der Waals surface area contributed by atoms with Gasteiger partial charge in [-0.3, -0.25) is 37.3 Å². The van der Waals surface area contributed by atoms with E-state index >= 15 is 0 Å². The van der Waals surface area contributed by atoms with Crippen LogP contribution in [0.5, 0.6) is 0 Å². The maximum Gasteiger partial charge on any atom is 0.472 e. The van der Waals surface area contributed by atoms with E-state index in [1.807, 2.05) is 0 Å². The lowest BCUT2D eigenvalue weighted by atomic mass is 10.0. The van der Waals surface area contributed by atoms with Crippen LogP contribution in [0.25, 0.3) is 0 Å². The van der Waals surface area contributed by atoms with Crippen molar-refractivity contribution in [2.45, 2.75) is 496 Å². The third kappa shape index (κ3) is 82.1. The van der Waals surface area contributed by atoms with E-state index in [0.29, 0.717) is 25.7 Å². The van der Waals surface area contributed by atoms with Gasteiger partial charge in [0.25, 0.3) is 0 Å². The Morgan fingerprint density at radius 2 is 0.426 bits per heavy atom. The number of carbonyl (C=O) groups is 4. The minimum Gasteiger partial charge on any atom is -0.462 e. The molecule has 17 nitrogen and oxygen atoms in total. The van der Waals surface area contributed by atoms with Gasteiger partial charge in [0.05, 0.1) is 26.4 Å². The molecule has 0 aliphatic carbocycles. The van der Waals surface area contributed by atoms with Crippen molar-refractivity contribution in [3.63, 3.8) is 0 Å². The molecule has 0 aromatic rings. The number of hydrogen-bond acceptors (Lipinski definition) is 15. The Morgan fingerprint density at radius 1 is 0.250 bits per heavy atom. The summed E-state index contributed by atoms with van der Waals surface area (Å²) in [5, 5.41) is 10.7. The van der Waals surface area contributed by atoms with Crippen molar-refractivity contribution in [2.24, 2.45) is 11.8 Å². The van der Waals surface area contributed by atoms with Gasteiger partial charge in [-0.15, -0.1) is 0 Å². The Kier molecular flexibility index (Phi) is 78.8. The number of aliphatic hydroxyl groups is 1. The molecule has 642 valence electrons. The lowest BCUT2D eigenvalue weighted by molar-refractivity contribution is -0.161. The third-order valence-corrected chi connectivity index (χ3v) is 22.9. The van der Waals surface area contributed by atoms with Gasteiger partial charge < -0.3 is 33.8 Å². The molecule has 0 saturated heterocycles. The van der Waals surface area contributed by atoms with Crippen molar-refractivity contribution in [3.8, 4) is 0 Å². The molecule has 19 heteroatoms. The van der Waals surface area contributed by atoms with Crippen molar-refractivity contribution >= 4 is 39.5 Å². The first-order chi connectivity index (χ1) is 52.4. The van der Waals surface area contributed by atoms with Crippen LogP contribution in [0.3, 0.4) is 0 Å². The number of phosphoric acid groups is 2. The monoisotopic (exact) mass is 1580 g/mol. The molecule has 2 unspecified atom stereocenters. The Balaban J connectivity index is 5.22. The highest BCUT2D eigenvalue weighted by molar-refractivity contribution is 7.47. The molecule has 0 bridgehead atoms. The zero-order chi connectivity index (χ0) is 79.2. The SMILES string of the molecule is CCCCCCCCCCCCCCCCCCCCCCCC(=O)O[C@H](COC(=O)CCCCCCCCCCCCCCCCCCC(C)C)COP(=O)(O)OC[C@@H](O)COP(=O)(O)OC[C@@H](COC(=O)CCCCCCCCCCCC)OC(=O)CCCCCCCCCCCCCCCCCC(C)C. The smallest absolute Gasteiger partial charge is 0.462 e. The molecular formula is C89H174O17P2. The van der Waals surface area contributed by atoms with Crippen molar-refractivity contribution in [3.05, 3.63) is 0 Å². The first kappa shape index (κ1) is 106. The van der Waals surface area contributed by atoms with Gasteiger partial charge >= 0.3 is 39.5 Å². The van der Waals surface area contributed by atoms with Crippen LogP contribution in [0.1, 0.15) is 478 Å². The Hall–Kier alpha value is -1.94. The van der Waals surface area contributed by atoms with Gasteiger partial charge in [0.2, 0.25) is 0 Å². The molecule has 0 aromatic heterocycles. The molecule has 5 atom stereocenters. The minimum atomic E-state index is -4.97. The molecule has 0 aliphatic rings. The standard InChI is InChI=1S/C89H174O17P2/c1-7-9-11-13-15-17-19-20-21-22-23-24-25-26-33-38-43-49-55-61-67-73-89(94)106-85(78-100-87(92)72-66-60-54-48-42-37-32-28-27-30-35-40-45-51-57-63-69-81(3)4)80-104-108(97,98)102-76-83(90)75-101-107(95,96)103-79-84(77-99-86(91)71-65-59-53-47-18-16-14-12-10-8-2)105-88(93)74-68-62-56-50-44-39-34-29-31-36-41-46-52-58-64-70-82(5)6/h81-85,90H,7-80H2,1-6H3,(H,95,96)(H,97,98)/t83-,84+,85+/m0/s1. The molecule has 108 heavy (non-hydrogen) atoms. The number of carbonyl (C=O) groups excluding carboxylic acids is 4. The molecule has 0 aromatic carbocycles. The number of aliphatic hydroxyl groups excluding tert-OH is 1. The lowest BCUT2D eigenvalue weighted by Gasteiger charge is -2.21. The highest BCUT2D eigenvalue weighted by Crippen LogP contribution is 2.45. The highest BCUT2D eigenvalue weighted by atomic mass is 31.2. The van der Waals surface area contributed by atoms with Gasteiger partial charge in [-0.05, 0) is 37.5 Å². The van der Waals surface area contributed by atoms with E-state index in [0.717, 1.165) is 102 Å². The van der Waals surface area contributed by atoms with E-state index in [2.05, 4.69) is 41.5 Å². The zero-order valence-electron chi connectivity index (χ0n) is 71.2. The first-order valence-corrected chi connectivity index (χ1v) is 49.0. The molecule has 3 N–H and O–H groups in total. The number of esters is 4.